The Labute approximate surface area is 95.5 Å². The molecule has 2 N–H and O–H groups in total. The molecule has 1 heterocycles. The minimum atomic E-state index is -0.489. The first-order valence-corrected chi connectivity index (χ1v) is 5.97. The maximum absolute atomic E-state index is 12.1. The molecule has 0 radical (unpaired) electrons. The first-order valence-electron chi connectivity index (χ1n) is 5.10. The summed E-state index contributed by atoms with van der Waals surface area (Å²) < 4.78 is 0. The van der Waals surface area contributed by atoms with Crippen molar-refractivity contribution in [3.63, 3.8) is 0 Å². The Morgan fingerprint density at radius 2 is 2.00 bits per heavy atom. The molecule has 0 aliphatic carbocycles. The van der Waals surface area contributed by atoms with Crippen LogP contribution in [0.3, 0.4) is 0 Å². The largest absolute Gasteiger partial charge is 0.325 e. The number of nitrogens with two attached hydrogens (primary N) is 1. The second-order valence-electron chi connectivity index (χ2n) is 5.03. The van der Waals surface area contributed by atoms with Gasteiger partial charge in [-0.2, -0.15) is 0 Å². The number of Topliss-reactive ketones (excluding diaryl/α,β-unsaturated/α-hetero) is 1. The summed E-state index contributed by atoms with van der Waals surface area (Å²) in [6, 6.07) is 3.95. The summed E-state index contributed by atoms with van der Waals surface area (Å²) in [5.74, 6) is 0.206. The van der Waals surface area contributed by atoms with Crippen LogP contribution in [0.4, 0.5) is 0 Å². The maximum Gasteiger partial charge on any atom is 0.145 e. The minimum absolute atomic E-state index is 0.206. The molecule has 0 amide bonds. The average Bonchev–Trinajstić information content (AvgIpc) is 2.54. The van der Waals surface area contributed by atoms with Crippen molar-refractivity contribution in [3.05, 3.63) is 22.4 Å². The van der Waals surface area contributed by atoms with Gasteiger partial charge in [-0.05, 0) is 25.3 Å². The summed E-state index contributed by atoms with van der Waals surface area (Å²) in [6.07, 6.45) is 0.491. The number of thiophene rings is 1. The SMILES string of the molecule is CC(C)(N)C(C)(C)C(=O)Cc1cccs1. The van der Waals surface area contributed by atoms with Crippen LogP contribution in [0, 0.1) is 5.41 Å². The fourth-order valence-corrected chi connectivity index (χ4v) is 1.86. The van der Waals surface area contributed by atoms with Crippen molar-refractivity contribution in [2.75, 3.05) is 0 Å². The fraction of sp³-hybridized carbons (Fsp3) is 0.583. The Balaban J connectivity index is 2.77. The molecule has 3 heteroatoms. The van der Waals surface area contributed by atoms with Crippen LogP contribution in [0.15, 0.2) is 17.5 Å². The lowest BCUT2D eigenvalue weighted by atomic mass is 9.71. The molecule has 84 valence electrons. The summed E-state index contributed by atoms with van der Waals surface area (Å²) in [5, 5.41) is 1.99. The number of ketones is 1. The average molecular weight is 225 g/mol. The summed E-state index contributed by atoms with van der Waals surface area (Å²) in [7, 11) is 0. The summed E-state index contributed by atoms with van der Waals surface area (Å²) in [4.78, 5) is 13.2. The van der Waals surface area contributed by atoms with Gasteiger partial charge in [-0.25, -0.2) is 0 Å². The van der Waals surface area contributed by atoms with Crippen molar-refractivity contribution < 1.29 is 4.79 Å². The molecular weight excluding hydrogens is 206 g/mol. The standard InChI is InChI=1S/C12H19NOS/c1-11(2,12(3,4)13)10(14)8-9-6-5-7-15-9/h5-7H,8,13H2,1-4H3. The highest BCUT2D eigenvalue weighted by atomic mass is 32.1. The maximum atomic E-state index is 12.1. The second-order valence-corrected chi connectivity index (χ2v) is 6.06. The van der Waals surface area contributed by atoms with E-state index >= 15 is 0 Å². The van der Waals surface area contributed by atoms with Gasteiger partial charge < -0.3 is 5.73 Å². The highest BCUT2D eigenvalue weighted by Gasteiger charge is 2.39. The molecule has 15 heavy (non-hydrogen) atoms. The van der Waals surface area contributed by atoms with E-state index in [0.717, 1.165) is 4.88 Å². The van der Waals surface area contributed by atoms with Crippen molar-refractivity contribution in [2.45, 2.75) is 39.7 Å². The first kappa shape index (κ1) is 12.4. The molecule has 0 atom stereocenters. The van der Waals surface area contributed by atoms with Crippen LogP contribution in [-0.2, 0) is 11.2 Å². The normalized spacial score (nSPS) is 12.9. The van der Waals surface area contributed by atoms with Crippen molar-refractivity contribution in [3.8, 4) is 0 Å². The van der Waals surface area contributed by atoms with Crippen LogP contribution in [0.1, 0.15) is 32.6 Å². The molecular formula is C12H19NOS. The Hall–Kier alpha value is -0.670. The lowest BCUT2D eigenvalue weighted by molar-refractivity contribution is -0.129. The van der Waals surface area contributed by atoms with E-state index in [1.807, 2.05) is 45.2 Å². The van der Waals surface area contributed by atoms with E-state index in [1.54, 1.807) is 11.3 Å². The van der Waals surface area contributed by atoms with E-state index < -0.39 is 11.0 Å². The third kappa shape index (κ3) is 2.67. The van der Waals surface area contributed by atoms with Gasteiger partial charge in [0.15, 0.2) is 0 Å². The molecule has 2 nitrogen and oxygen atoms in total. The van der Waals surface area contributed by atoms with Crippen molar-refractivity contribution in [1.29, 1.82) is 0 Å². The van der Waals surface area contributed by atoms with Gasteiger partial charge >= 0.3 is 0 Å². The van der Waals surface area contributed by atoms with Crippen molar-refractivity contribution >= 4 is 17.1 Å². The monoisotopic (exact) mass is 225 g/mol. The lowest BCUT2D eigenvalue weighted by Gasteiger charge is -2.37. The highest BCUT2D eigenvalue weighted by molar-refractivity contribution is 7.10. The number of rotatable bonds is 4. The van der Waals surface area contributed by atoms with Gasteiger partial charge in [-0.3, -0.25) is 4.79 Å². The Morgan fingerprint density at radius 1 is 1.40 bits per heavy atom. The third-order valence-corrected chi connectivity index (χ3v) is 4.10. The van der Waals surface area contributed by atoms with Gasteiger partial charge in [0.05, 0.1) is 0 Å². The molecule has 0 unspecified atom stereocenters. The molecule has 0 bridgehead atoms. The van der Waals surface area contributed by atoms with E-state index in [9.17, 15) is 4.79 Å². The lowest BCUT2D eigenvalue weighted by Crippen LogP contribution is -2.52. The number of hydrogen-bond donors (Lipinski definition) is 1. The smallest absolute Gasteiger partial charge is 0.145 e. The Morgan fingerprint density at radius 3 is 2.40 bits per heavy atom. The van der Waals surface area contributed by atoms with Crippen LogP contribution in [0.2, 0.25) is 0 Å². The zero-order valence-electron chi connectivity index (χ0n) is 9.83. The molecule has 0 spiro atoms. The van der Waals surface area contributed by atoms with Gasteiger partial charge in [-0.1, -0.05) is 19.9 Å². The predicted octanol–water partition coefficient (Wildman–Crippen LogP) is 2.62. The van der Waals surface area contributed by atoms with Gasteiger partial charge in [0.2, 0.25) is 0 Å². The first-order chi connectivity index (χ1) is 6.75. The molecule has 0 fully saturated rings. The van der Waals surface area contributed by atoms with Crippen LogP contribution < -0.4 is 5.73 Å². The van der Waals surface area contributed by atoms with Crippen molar-refractivity contribution in [2.24, 2.45) is 11.1 Å². The minimum Gasteiger partial charge on any atom is -0.325 e. The molecule has 0 aliphatic heterocycles. The van der Waals surface area contributed by atoms with Gasteiger partial charge in [-0.15, -0.1) is 11.3 Å². The quantitative estimate of drug-likeness (QED) is 0.856. The number of carbonyl (C=O) groups is 1. The Bertz CT molecular complexity index is 333. The predicted molar refractivity (Wildman–Crippen MR) is 65.1 cm³/mol. The summed E-state index contributed by atoms with van der Waals surface area (Å²) >= 11 is 1.62. The van der Waals surface area contributed by atoms with Crippen molar-refractivity contribution in [1.82, 2.24) is 0 Å². The van der Waals surface area contributed by atoms with Crippen LogP contribution >= 0.6 is 11.3 Å². The Kier molecular flexibility index (Phi) is 3.36. The van der Waals surface area contributed by atoms with E-state index in [2.05, 4.69) is 0 Å². The number of carbonyl (C=O) groups excluding carboxylic acids is 1. The van der Waals surface area contributed by atoms with Gasteiger partial charge in [0, 0.05) is 22.3 Å². The van der Waals surface area contributed by atoms with E-state index in [1.165, 1.54) is 0 Å². The second kappa shape index (κ2) is 4.06. The van der Waals surface area contributed by atoms with E-state index in [-0.39, 0.29) is 5.78 Å². The molecule has 0 saturated carbocycles. The molecule has 0 aliphatic rings. The van der Waals surface area contributed by atoms with Crippen LogP contribution in [0.25, 0.3) is 0 Å². The summed E-state index contributed by atoms with van der Waals surface area (Å²) in [5.41, 5.74) is 5.05. The topological polar surface area (TPSA) is 43.1 Å². The van der Waals surface area contributed by atoms with E-state index in [0.29, 0.717) is 6.42 Å². The van der Waals surface area contributed by atoms with E-state index in [4.69, 9.17) is 5.73 Å². The third-order valence-electron chi connectivity index (χ3n) is 3.22. The molecule has 0 saturated heterocycles. The molecule has 0 aromatic carbocycles. The van der Waals surface area contributed by atoms with Gasteiger partial charge in [0.25, 0.3) is 0 Å². The molecule has 1 aromatic rings. The zero-order chi connectivity index (χ0) is 11.7. The van der Waals surface area contributed by atoms with Gasteiger partial charge in [0.1, 0.15) is 5.78 Å². The van der Waals surface area contributed by atoms with Crippen LogP contribution in [-0.4, -0.2) is 11.3 Å². The highest BCUT2D eigenvalue weighted by Crippen LogP contribution is 2.31. The summed E-state index contributed by atoms with van der Waals surface area (Å²) in [6.45, 7) is 7.64. The molecule has 1 rings (SSSR count). The molecule has 1 aromatic heterocycles. The zero-order valence-corrected chi connectivity index (χ0v) is 10.6. The number of hydrogen-bond acceptors (Lipinski definition) is 3. The van der Waals surface area contributed by atoms with Crippen LogP contribution in [0.5, 0.6) is 0 Å². The fourth-order valence-electron chi connectivity index (χ4n) is 1.15.